The Hall–Kier alpha value is -3.17. The zero-order valence-electron chi connectivity index (χ0n) is 13.8. The molecule has 3 aromatic carbocycles. The molecule has 0 spiro atoms. The molecule has 4 rings (SSSR count). The first-order valence-corrected chi connectivity index (χ1v) is 8.61. The van der Waals surface area contributed by atoms with E-state index in [9.17, 15) is 4.79 Å². The second-order valence-corrected chi connectivity index (χ2v) is 6.31. The molecule has 0 saturated heterocycles. The molecule has 1 aliphatic rings. The molecule has 126 valence electrons. The predicted octanol–water partition coefficient (Wildman–Crippen LogP) is 5.17. The summed E-state index contributed by atoms with van der Waals surface area (Å²) in [4.78, 5) is 13.1. The van der Waals surface area contributed by atoms with E-state index >= 15 is 0 Å². The van der Waals surface area contributed by atoms with Crippen LogP contribution >= 0.6 is 11.6 Å². The number of rotatable bonds is 3. The van der Waals surface area contributed by atoms with E-state index in [0.717, 1.165) is 16.8 Å². The topological polar surface area (TPSA) is 32.7 Å². The first-order chi connectivity index (χ1) is 12.7. The fourth-order valence-electron chi connectivity index (χ4n) is 2.83. The number of nitrogens with zero attached hydrogens (tertiary/aromatic N) is 2. The number of anilines is 1. The molecule has 1 aliphatic heterocycles. The first kappa shape index (κ1) is 16.3. The molecular weight excluding hydrogens is 344 g/mol. The van der Waals surface area contributed by atoms with Gasteiger partial charge in [0.2, 0.25) is 0 Å². The molecule has 0 atom stereocenters. The fourth-order valence-corrected chi connectivity index (χ4v) is 2.95. The fraction of sp³-hybridized carbons (Fsp3) is 0. The third kappa shape index (κ3) is 3.17. The standard InChI is InChI=1S/C22H15ClN2O/c23-18-13-11-17(12-14-18)21-20(15-16-7-3-1-4-8-16)22(26)25(24-21)19-9-5-2-6-10-19/h1-15H/b20-15-. The van der Waals surface area contributed by atoms with Gasteiger partial charge in [0, 0.05) is 10.6 Å². The summed E-state index contributed by atoms with van der Waals surface area (Å²) in [5.41, 5.74) is 3.73. The van der Waals surface area contributed by atoms with Crippen LogP contribution in [0.15, 0.2) is 95.6 Å². The minimum absolute atomic E-state index is 0.148. The summed E-state index contributed by atoms with van der Waals surface area (Å²) in [6.07, 6.45) is 1.87. The quantitative estimate of drug-likeness (QED) is 0.594. The molecule has 3 aromatic rings. The lowest BCUT2D eigenvalue weighted by atomic mass is 10.0. The van der Waals surface area contributed by atoms with Crippen LogP contribution in [-0.4, -0.2) is 11.6 Å². The minimum Gasteiger partial charge on any atom is -0.267 e. The molecule has 0 radical (unpaired) electrons. The van der Waals surface area contributed by atoms with Crippen LogP contribution < -0.4 is 5.01 Å². The third-order valence-corrected chi connectivity index (χ3v) is 4.36. The van der Waals surface area contributed by atoms with Crippen LogP contribution in [0.1, 0.15) is 11.1 Å². The highest BCUT2D eigenvalue weighted by Crippen LogP contribution is 2.28. The molecule has 1 heterocycles. The van der Waals surface area contributed by atoms with Crippen molar-refractivity contribution >= 4 is 35.0 Å². The van der Waals surface area contributed by atoms with Gasteiger partial charge in [-0.1, -0.05) is 72.3 Å². The van der Waals surface area contributed by atoms with E-state index in [0.29, 0.717) is 16.3 Å². The zero-order chi connectivity index (χ0) is 17.9. The maximum Gasteiger partial charge on any atom is 0.281 e. The van der Waals surface area contributed by atoms with E-state index in [2.05, 4.69) is 5.10 Å². The summed E-state index contributed by atoms with van der Waals surface area (Å²) in [6, 6.07) is 26.5. The second kappa shape index (κ2) is 6.98. The van der Waals surface area contributed by atoms with Crippen molar-refractivity contribution in [3.8, 4) is 0 Å². The average molecular weight is 359 g/mol. The predicted molar refractivity (Wildman–Crippen MR) is 106 cm³/mol. The van der Waals surface area contributed by atoms with Gasteiger partial charge in [0.15, 0.2) is 0 Å². The van der Waals surface area contributed by atoms with Gasteiger partial charge >= 0.3 is 0 Å². The Morgan fingerprint density at radius 2 is 1.42 bits per heavy atom. The van der Waals surface area contributed by atoms with Gasteiger partial charge in [0.1, 0.15) is 5.71 Å². The zero-order valence-corrected chi connectivity index (χ0v) is 14.6. The molecule has 0 aromatic heterocycles. The number of halogens is 1. The van der Waals surface area contributed by atoms with E-state index < -0.39 is 0 Å². The normalized spacial score (nSPS) is 15.4. The Balaban J connectivity index is 1.83. The smallest absolute Gasteiger partial charge is 0.267 e. The summed E-state index contributed by atoms with van der Waals surface area (Å²) in [5, 5.41) is 6.69. The van der Waals surface area contributed by atoms with E-state index in [4.69, 9.17) is 11.6 Å². The molecule has 0 N–H and O–H groups in total. The van der Waals surface area contributed by atoms with Crippen LogP contribution in [0.4, 0.5) is 5.69 Å². The van der Waals surface area contributed by atoms with Crippen molar-refractivity contribution < 1.29 is 4.79 Å². The molecule has 0 saturated carbocycles. The van der Waals surface area contributed by atoms with Crippen LogP contribution in [0.5, 0.6) is 0 Å². The second-order valence-electron chi connectivity index (χ2n) is 5.88. The number of para-hydroxylation sites is 1. The summed E-state index contributed by atoms with van der Waals surface area (Å²) >= 11 is 6.01. The van der Waals surface area contributed by atoms with Crippen molar-refractivity contribution in [2.75, 3.05) is 5.01 Å². The number of hydrazone groups is 1. The Morgan fingerprint density at radius 3 is 2.08 bits per heavy atom. The third-order valence-electron chi connectivity index (χ3n) is 4.11. The molecule has 1 amide bonds. The molecule has 3 nitrogen and oxygen atoms in total. The lowest BCUT2D eigenvalue weighted by molar-refractivity contribution is -0.114. The number of hydrogen-bond donors (Lipinski definition) is 0. The summed E-state index contributed by atoms with van der Waals surface area (Å²) in [5.74, 6) is -0.148. The van der Waals surface area contributed by atoms with Crippen molar-refractivity contribution in [3.05, 3.63) is 107 Å². The van der Waals surface area contributed by atoms with Gasteiger partial charge in [-0.15, -0.1) is 0 Å². The number of carbonyl (C=O) groups is 1. The van der Waals surface area contributed by atoms with Crippen molar-refractivity contribution in [1.29, 1.82) is 0 Å². The van der Waals surface area contributed by atoms with E-state index in [1.165, 1.54) is 5.01 Å². The van der Waals surface area contributed by atoms with Crippen LogP contribution in [-0.2, 0) is 4.79 Å². The van der Waals surface area contributed by atoms with Gasteiger partial charge in [-0.05, 0) is 35.9 Å². The summed E-state index contributed by atoms with van der Waals surface area (Å²) < 4.78 is 0. The molecule has 26 heavy (non-hydrogen) atoms. The molecule has 0 bridgehead atoms. The van der Waals surface area contributed by atoms with Gasteiger partial charge < -0.3 is 0 Å². The maximum absolute atomic E-state index is 13.1. The summed E-state index contributed by atoms with van der Waals surface area (Å²) in [7, 11) is 0. The number of benzene rings is 3. The van der Waals surface area contributed by atoms with Crippen molar-refractivity contribution in [1.82, 2.24) is 0 Å². The van der Waals surface area contributed by atoms with Crippen molar-refractivity contribution in [3.63, 3.8) is 0 Å². The highest BCUT2D eigenvalue weighted by Gasteiger charge is 2.31. The van der Waals surface area contributed by atoms with Crippen LogP contribution in [0, 0.1) is 0 Å². The van der Waals surface area contributed by atoms with Gasteiger partial charge in [0.05, 0.1) is 11.3 Å². The minimum atomic E-state index is -0.148. The van der Waals surface area contributed by atoms with Crippen molar-refractivity contribution in [2.24, 2.45) is 5.10 Å². The highest BCUT2D eigenvalue weighted by atomic mass is 35.5. The van der Waals surface area contributed by atoms with Gasteiger partial charge in [-0.3, -0.25) is 4.79 Å². The molecular formula is C22H15ClN2O. The van der Waals surface area contributed by atoms with Crippen LogP contribution in [0.2, 0.25) is 5.02 Å². The lowest BCUT2D eigenvalue weighted by Gasteiger charge is -2.10. The van der Waals surface area contributed by atoms with Gasteiger partial charge in [-0.25, -0.2) is 0 Å². The Labute approximate surface area is 156 Å². The SMILES string of the molecule is O=C1/C(=C\c2ccccc2)C(c2ccc(Cl)cc2)=NN1c1ccccc1. The number of hydrogen-bond acceptors (Lipinski definition) is 2. The highest BCUT2D eigenvalue weighted by molar-refractivity contribution is 6.37. The monoisotopic (exact) mass is 358 g/mol. The Kier molecular flexibility index (Phi) is 4.38. The molecule has 0 aliphatic carbocycles. The Morgan fingerprint density at radius 1 is 0.808 bits per heavy atom. The van der Waals surface area contributed by atoms with E-state index in [1.807, 2.05) is 78.9 Å². The van der Waals surface area contributed by atoms with Gasteiger partial charge in [-0.2, -0.15) is 10.1 Å². The average Bonchev–Trinajstić information content (AvgIpc) is 3.00. The van der Waals surface area contributed by atoms with E-state index in [-0.39, 0.29) is 5.91 Å². The van der Waals surface area contributed by atoms with Crippen LogP contribution in [0.25, 0.3) is 6.08 Å². The van der Waals surface area contributed by atoms with E-state index in [1.54, 1.807) is 12.1 Å². The molecule has 0 fully saturated rings. The Bertz CT molecular complexity index is 993. The molecule has 4 heteroatoms. The first-order valence-electron chi connectivity index (χ1n) is 8.23. The lowest BCUT2D eigenvalue weighted by Crippen LogP contribution is -2.21. The number of amides is 1. The maximum atomic E-state index is 13.1. The van der Waals surface area contributed by atoms with Gasteiger partial charge in [0.25, 0.3) is 5.91 Å². The summed E-state index contributed by atoms with van der Waals surface area (Å²) in [6.45, 7) is 0. The van der Waals surface area contributed by atoms with Crippen molar-refractivity contribution in [2.45, 2.75) is 0 Å². The largest absolute Gasteiger partial charge is 0.281 e. The molecule has 0 unspecified atom stereocenters. The number of carbonyl (C=O) groups excluding carboxylic acids is 1. The van der Waals surface area contributed by atoms with Crippen LogP contribution in [0.3, 0.4) is 0 Å².